The first-order valence-corrected chi connectivity index (χ1v) is 10.7. The van der Waals surface area contributed by atoms with Gasteiger partial charge in [-0.2, -0.15) is 0 Å². The van der Waals surface area contributed by atoms with E-state index in [1.54, 1.807) is 42.2 Å². The predicted octanol–water partition coefficient (Wildman–Crippen LogP) is 3.57. The number of amides is 2. The third kappa shape index (κ3) is 6.54. The summed E-state index contributed by atoms with van der Waals surface area (Å²) in [4.78, 5) is 37.9. The van der Waals surface area contributed by atoms with Crippen LogP contribution in [0.3, 0.4) is 0 Å². The van der Waals surface area contributed by atoms with Crippen LogP contribution in [0.4, 0.5) is 9.18 Å². The van der Waals surface area contributed by atoms with Crippen LogP contribution in [-0.4, -0.2) is 49.1 Å². The van der Waals surface area contributed by atoms with E-state index in [2.05, 4.69) is 5.32 Å². The lowest BCUT2D eigenvalue weighted by atomic mass is 9.96. The molecular formula is C24H27FN2O5. The highest BCUT2D eigenvalue weighted by atomic mass is 19.1. The number of hydrogen-bond donors (Lipinski definition) is 1. The lowest BCUT2D eigenvalue weighted by Crippen LogP contribution is -2.42. The van der Waals surface area contributed by atoms with Crippen molar-refractivity contribution in [2.75, 3.05) is 26.2 Å². The summed E-state index contributed by atoms with van der Waals surface area (Å²) >= 11 is 0. The molecule has 0 spiro atoms. The number of halogens is 1. The van der Waals surface area contributed by atoms with Gasteiger partial charge in [-0.25, -0.2) is 9.18 Å². The monoisotopic (exact) mass is 442 g/mol. The molecule has 1 aliphatic heterocycles. The Morgan fingerprint density at radius 2 is 1.75 bits per heavy atom. The SMILES string of the molecule is CCOC(=O)Oc1ccc(C(=O)NCC2CCN(C(=O)Cc3ccccc3F)CC2)cc1. The largest absolute Gasteiger partial charge is 0.513 e. The zero-order valence-corrected chi connectivity index (χ0v) is 18.0. The minimum atomic E-state index is -0.788. The topological polar surface area (TPSA) is 84.9 Å². The first-order valence-electron chi connectivity index (χ1n) is 10.7. The Kier molecular flexibility index (Phi) is 8.19. The number of piperidine rings is 1. The van der Waals surface area contributed by atoms with Crippen molar-refractivity contribution in [1.82, 2.24) is 10.2 Å². The van der Waals surface area contributed by atoms with Crippen molar-refractivity contribution >= 4 is 18.0 Å². The van der Waals surface area contributed by atoms with Gasteiger partial charge in [0.05, 0.1) is 13.0 Å². The van der Waals surface area contributed by atoms with Crippen molar-refractivity contribution in [1.29, 1.82) is 0 Å². The second-order valence-corrected chi connectivity index (χ2v) is 7.61. The molecular weight excluding hydrogens is 415 g/mol. The number of hydrogen-bond acceptors (Lipinski definition) is 5. The highest BCUT2D eigenvalue weighted by molar-refractivity contribution is 5.94. The molecule has 0 aromatic heterocycles. The summed E-state index contributed by atoms with van der Waals surface area (Å²) in [5, 5.41) is 2.92. The maximum absolute atomic E-state index is 13.8. The Morgan fingerprint density at radius 1 is 1.06 bits per heavy atom. The maximum atomic E-state index is 13.8. The van der Waals surface area contributed by atoms with Crippen molar-refractivity contribution in [2.45, 2.75) is 26.2 Å². The minimum Gasteiger partial charge on any atom is -0.434 e. The van der Waals surface area contributed by atoms with Crippen LogP contribution >= 0.6 is 0 Å². The van der Waals surface area contributed by atoms with Crippen LogP contribution in [0.1, 0.15) is 35.7 Å². The van der Waals surface area contributed by atoms with Gasteiger partial charge in [-0.1, -0.05) is 18.2 Å². The first kappa shape index (κ1) is 23.2. The molecule has 0 saturated carbocycles. The lowest BCUT2D eigenvalue weighted by Gasteiger charge is -2.32. The normalized spacial score (nSPS) is 14.0. The molecule has 32 heavy (non-hydrogen) atoms. The lowest BCUT2D eigenvalue weighted by molar-refractivity contribution is -0.131. The standard InChI is InChI=1S/C24H27FN2O5/c1-2-31-24(30)32-20-9-7-18(8-10-20)23(29)26-16-17-11-13-27(14-12-17)22(28)15-19-5-3-4-6-21(19)25/h3-10,17H,2,11-16H2,1H3,(H,26,29). The number of likely N-dealkylation sites (tertiary alicyclic amines) is 1. The molecule has 3 rings (SSSR count). The Morgan fingerprint density at radius 3 is 2.41 bits per heavy atom. The van der Waals surface area contributed by atoms with E-state index in [4.69, 9.17) is 9.47 Å². The third-order valence-corrected chi connectivity index (χ3v) is 5.40. The molecule has 8 heteroatoms. The highest BCUT2D eigenvalue weighted by Gasteiger charge is 2.24. The van der Waals surface area contributed by atoms with Gasteiger partial charge in [-0.15, -0.1) is 0 Å². The van der Waals surface area contributed by atoms with Crippen molar-refractivity contribution in [3.8, 4) is 5.75 Å². The Bertz CT molecular complexity index is 940. The molecule has 1 saturated heterocycles. The average molecular weight is 442 g/mol. The molecule has 170 valence electrons. The summed E-state index contributed by atoms with van der Waals surface area (Å²) in [6, 6.07) is 12.5. The van der Waals surface area contributed by atoms with Gasteiger partial charge in [-0.05, 0) is 61.6 Å². The summed E-state index contributed by atoms with van der Waals surface area (Å²) in [5.74, 6) is -0.0947. The number of ether oxygens (including phenoxy) is 2. The minimum absolute atomic E-state index is 0.0595. The number of benzene rings is 2. The molecule has 1 aliphatic rings. The van der Waals surface area contributed by atoms with Crippen LogP contribution in [0.25, 0.3) is 0 Å². The van der Waals surface area contributed by atoms with Gasteiger partial charge in [-0.3, -0.25) is 9.59 Å². The maximum Gasteiger partial charge on any atom is 0.513 e. The molecule has 1 N–H and O–H groups in total. The summed E-state index contributed by atoms with van der Waals surface area (Å²) in [6.45, 7) is 3.59. The van der Waals surface area contributed by atoms with E-state index >= 15 is 0 Å². The van der Waals surface area contributed by atoms with Crippen LogP contribution < -0.4 is 10.1 Å². The third-order valence-electron chi connectivity index (χ3n) is 5.40. The molecule has 2 aromatic carbocycles. The predicted molar refractivity (Wildman–Crippen MR) is 116 cm³/mol. The van der Waals surface area contributed by atoms with Crippen LogP contribution in [0.15, 0.2) is 48.5 Å². The van der Waals surface area contributed by atoms with Gasteiger partial charge in [0.25, 0.3) is 5.91 Å². The van der Waals surface area contributed by atoms with Gasteiger partial charge in [0, 0.05) is 25.2 Å². The first-order chi connectivity index (χ1) is 15.5. The van der Waals surface area contributed by atoms with E-state index in [9.17, 15) is 18.8 Å². The molecule has 2 aromatic rings. The molecule has 1 fully saturated rings. The van der Waals surface area contributed by atoms with Crippen molar-refractivity contribution in [2.24, 2.45) is 5.92 Å². The zero-order chi connectivity index (χ0) is 22.9. The zero-order valence-electron chi connectivity index (χ0n) is 18.0. The molecule has 0 atom stereocenters. The fourth-order valence-corrected chi connectivity index (χ4v) is 3.56. The van der Waals surface area contributed by atoms with E-state index in [1.165, 1.54) is 18.2 Å². The van der Waals surface area contributed by atoms with Gasteiger partial charge < -0.3 is 19.7 Å². The average Bonchev–Trinajstić information content (AvgIpc) is 2.80. The second kappa shape index (κ2) is 11.3. The van der Waals surface area contributed by atoms with E-state index in [0.717, 1.165) is 12.8 Å². The molecule has 0 radical (unpaired) electrons. The van der Waals surface area contributed by atoms with Crippen LogP contribution in [-0.2, 0) is 16.0 Å². The summed E-state index contributed by atoms with van der Waals surface area (Å²) in [5.41, 5.74) is 0.865. The van der Waals surface area contributed by atoms with Gasteiger partial charge in [0.15, 0.2) is 0 Å². The van der Waals surface area contributed by atoms with E-state index in [1.807, 2.05) is 0 Å². The van der Waals surface area contributed by atoms with E-state index in [0.29, 0.717) is 36.5 Å². The van der Waals surface area contributed by atoms with Crippen molar-refractivity contribution in [3.05, 3.63) is 65.5 Å². The Hall–Kier alpha value is -3.42. The van der Waals surface area contributed by atoms with E-state index in [-0.39, 0.29) is 36.6 Å². The fourth-order valence-electron chi connectivity index (χ4n) is 3.56. The number of nitrogens with zero attached hydrogens (tertiary/aromatic N) is 1. The fraction of sp³-hybridized carbons (Fsp3) is 0.375. The van der Waals surface area contributed by atoms with Gasteiger partial charge >= 0.3 is 6.16 Å². The molecule has 0 unspecified atom stereocenters. The van der Waals surface area contributed by atoms with Crippen LogP contribution in [0, 0.1) is 11.7 Å². The number of carbonyl (C=O) groups excluding carboxylic acids is 3. The van der Waals surface area contributed by atoms with Gasteiger partial charge in [0.1, 0.15) is 11.6 Å². The number of carbonyl (C=O) groups is 3. The second-order valence-electron chi connectivity index (χ2n) is 7.61. The summed E-state index contributed by atoms with van der Waals surface area (Å²) in [7, 11) is 0. The molecule has 2 amide bonds. The Balaban J connectivity index is 1.40. The van der Waals surface area contributed by atoms with Crippen molar-refractivity contribution in [3.63, 3.8) is 0 Å². The smallest absolute Gasteiger partial charge is 0.434 e. The number of nitrogens with one attached hydrogen (secondary N) is 1. The van der Waals surface area contributed by atoms with Crippen LogP contribution in [0.5, 0.6) is 5.75 Å². The Labute approximate surface area is 186 Å². The molecule has 7 nitrogen and oxygen atoms in total. The molecule has 0 aliphatic carbocycles. The van der Waals surface area contributed by atoms with Gasteiger partial charge in [0.2, 0.25) is 5.91 Å². The molecule has 0 bridgehead atoms. The number of rotatable bonds is 7. The summed E-state index contributed by atoms with van der Waals surface area (Å²) in [6.07, 6.45) is 0.818. The molecule has 1 heterocycles. The quantitative estimate of drug-likeness (QED) is 0.523. The van der Waals surface area contributed by atoms with Crippen molar-refractivity contribution < 1.29 is 28.2 Å². The van der Waals surface area contributed by atoms with E-state index < -0.39 is 6.16 Å². The summed E-state index contributed by atoms with van der Waals surface area (Å²) < 4.78 is 23.4. The van der Waals surface area contributed by atoms with Crippen LogP contribution in [0.2, 0.25) is 0 Å². The highest BCUT2D eigenvalue weighted by Crippen LogP contribution is 2.19.